The van der Waals surface area contributed by atoms with Gasteiger partial charge in [0.05, 0.1) is 10.5 Å². The average molecular weight is 448 g/mol. The number of carbonyl (C=O) groups excluding carboxylic acids is 1. The molecule has 6 nitrogen and oxygen atoms in total. The fourth-order valence-corrected chi connectivity index (χ4v) is 3.65. The lowest BCUT2D eigenvalue weighted by Crippen LogP contribution is -2.24. The molecule has 2 N–H and O–H groups in total. The lowest BCUT2D eigenvalue weighted by molar-refractivity contribution is -0.140. The maximum absolute atomic E-state index is 13.3. The lowest BCUT2D eigenvalue weighted by atomic mass is 10.2. The number of hydrogen-bond acceptors (Lipinski definition) is 4. The van der Waals surface area contributed by atoms with Crippen LogP contribution >= 0.6 is 0 Å². The lowest BCUT2D eigenvalue weighted by Gasteiger charge is -2.13. The van der Waals surface area contributed by atoms with Crippen molar-refractivity contribution in [2.24, 2.45) is 0 Å². The summed E-state index contributed by atoms with van der Waals surface area (Å²) in [6, 6.07) is 6.16. The molecule has 30 heavy (non-hydrogen) atoms. The number of sulfonamides is 1. The van der Waals surface area contributed by atoms with Gasteiger partial charge in [-0.25, -0.2) is 17.5 Å². The molecule has 0 saturated carbocycles. The Labute approximate surface area is 171 Å². The van der Waals surface area contributed by atoms with Gasteiger partial charge in [-0.2, -0.15) is 13.2 Å². The smallest absolute Gasteiger partial charge is 0.419 e. The topological polar surface area (TPSA) is 84.5 Å². The number of alkyl halides is 3. The van der Waals surface area contributed by atoms with Gasteiger partial charge >= 0.3 is 6.18 Å². The van der Waals surface area contributed by atoms with Crippen LogP contribution in [-0.2, 0) is 21.0 Å². The van der Waals surface area contributed by atoms with Crippen molar-refractivity contribution in [1.82, 2.24) is 4.72 Å². The summed E-state index contributed by atoms with van der Waals surface area (Å²) in [5.41, 5.74) is -1.29. The molecule has 2 rings (SSSR count). The number of carbonyl (C=O) groups is 1. The Morgan fingerprint density at radius 3 is 2.43 bits per heavy atom. The van der Waals surface area contributed by atoms with Gasteiger partial charge in [0.1, 0.15) is 11.6 Å². The van der Waals surface area contributed by atoms with Gasteiger partial charge in [-0.15, -0.1) is 0 Å². The van der Waals surface area contributed by atoms with Crippen molar-refractivity contribution < 1.29 is 35.5 Å². The van der Waals surface area contributed by atoms with Crippen LogP contribution in [0.5, 0.6) is 5.75 Å². The number of benzene rings is 2. The van der Waals surface area contributed by atoms with Crippen molar-refractivity contribution >= 4 is 21.6 Å². The van der Waals surface area contributed by atoms with E-state index in [1.807, 2.05) is 6.92 Å². The molecule has 0 unspecified atom stereocenters. The second kappa shape index (κ2) is 9.43. The van der Waals surface area contributed by atoms with Gasteiger partial charge in [-0.3, -0.25) is 4.79 Å². The first kappa shape index (κ1) is 23.6. The van der Waals surface area contributed by atoms with E-state index in [-0.39, 0.29) is 16.3 Å². The molecule has 0 atom stereocenters. The third kappa shape index (κ3) is 6.17. The van der Waals surface area contributed by atoms with Crippen molar-refractivity contribution in [3.63, 3.8) is 0 Å². The molecule has 0 aliphatic rings. The monoisotopic (exact) mass is 448 g/mol. The molecule has 0 radical (unpaired) electrons. The van der Waals surface area contributed by atoms with E-state index in [1.165, 1.54) is 18.2 Å². The maximum Gasteiger partial charge on any atom is 0.419 e. The van der Waals surface area contributed by atoms with Crippen molar-refractivity contribution in [2.75, 3.05) is 18.5 Å². The minimum atomic E-state index is -4.90. The summed E-state index contributed by atoms with van der Waals surface area (Å²) in [5, 5.41) is 2.19. The van der Waals surface area contributed by atoms with E-state index < -0.39 is 40.1 Å². The number of halogens is 4. The summed E-state index contributed by atoms with van der Waals surface area (Å²) in [4.78, 5) is 12.0. The van der Waals surface area contributed by atoms with Crippen LogP contribution in [-0.4, -0.2) is 27.5 Å². The van der Waals surface area contributed by atoms with E-state index in [9.17, 15) is 30.8 Å². The maximum atomic E-state index is 13.3. The van der Waals surface area contributed by atoms with E-state index in [4.69, 9.17) is 4.74 Å². The summed E-state index contributed by atoms with van der Waals surface area (Å²) in [6.45, 7) is 3.16. The van der Waals surface area contributed by atoms with Crippen LogP contribution < -0.4 is 14.8 Å². The molecule has 0 saturated heterocycles. The largest absolute Gasteiger partial charge is 0.483 e. The normalized spacial score (nSPS) is 11.9. The summed E-state index contributed by atoms with van der Waals surface area (Å²) in [5.74, 6) is -1.99. The zero-order valence-corrected chi connectivity index (χ0v) is 17.0. The molecule has 0 aromatic heterocycles. The van der Waals surface area contributed by atoms with Gasteiger partial charge in [0.25, 0.3) is 5.91 Å². The van der Waals surface area contributed by atoms with E-state index in [1.54, 1.807) is 6.92 Å². The molecule has 11 heteroatoms. The molecule has 164 valence electrons. The van der Waals surface area contributed by atoms with Crippen LogP contribution in [0.1, 0.15) is 24.5 Å². The van der Waals surface area contributed by atoms with Crippen molar-refractivity contribution in [1.29, 1.82) is 0 Å². The molecule has 0 bridgehead atoms. The van der Waals surface area contributed by atoms with Gasteiger partial charge in [0.2, 0.25) is 10.0 Å². The first-order valence-electron chi connectivity index (χ1n) is 8.83. The predicted octanol–water partition coefficient (Wildman–Crippen LogP) is 3.86. The first-order chi connectivity index (χ1) is 13.9. The molecule has 2 aromatic carbocycles. The van der Waals surface area contributed by atoms with Crippen LogP contribution in [0.4, 0.5) is 23.2 Å². The Morgan fingerprint density at radius 1 is 1.13 bits per heavy atom. The zero-order valence-electron chi connectivity index (χ0n) is 16.1. The van der Waals surface area contributed by atoms with E-state index in [0.29, 0.717) is 30.7 Å². The quantitative estimate of drug-likeness (QED) is 0.601. The molecule has 0 fully saturated rings. The number of ether oxygens (including phenoxy) is 1. The second-order valence-corrected chi connectivity index (χ2v) is 8.12. The molecular weight excluding hydrogens is 428 g/mol. The Bertz CT molecular complexity index is 1020. The second-order valence-electron chi connectivity index (χ2n) is 6.35. The van der Waals surface area contributed by atoms with E-state index in [2.05, 4.69) is 10.0 Å². The molecule has 2 aromatic rings. The van der Waals surface area contributed by atoms with E-state index in [0.717, 1.165) is 6.07 Å². The number of rotatable bonds is 8. The summed E-state index contributed by atoms with van der Waals surface area (Å²) in [6.07, 6.45) is -4.26. The number of anilines is 1. The molecule has 1 amide bonds. The number of amides is 1. The van der Waals surface area contributed by atoms with Crippen molar-refractivity contribution in [3.8, 4) is 5.75 Å². The SMILES string of the molecule is CCCNS(=O)(=O)c1ccc(OCC(=O)Nc2ccc(F)c(C(F)(F)F)c2)c(C)c1. The summed E-state index contributed by atoms with van der Waals surface area (Å²) < 4.78 is 83.5. The predicted molar refractivity (Wildman–Crippen MR) is 102 cm³/mol. The van der Waals surface area contributed by atoms with Crippen molar-refractivity contribution in [2.45, 2.75) is 31.3 Å². The summed E-state index contributed by atoms with van der Waals surface area (Å²) in [7, 11) is -3.66. The third-order valence-electron chi connectivity index (χ3n) is 3.91. The van der Waals surface area contributed by atoms with Gasteiger partial charge in [0.15, 0.2) is 6.61 Å². The van der Waals surface area contributed by atoms with Crippen molar-refractivity contribution in [3.05, 3.63) is 53.3 Å². The number of hydrogen-bond donors (Lipinski definition) is 2. The summed E-state index contributed by atoms with van der Waals surface area (Å²) >= 11 is 0. The Hall–Kier alpha value is -2.66. The van der Waals surface area contributed by atoms with Gasteiger partial charge in [-0.1, -0.05) is 6.92 Å². The molecule has 0 aliphatic carbocycles. The highest BCUT2D eigenvalue weighted by Gasteiger charge is 2.34. The van der Waals surface area contributed by atoms with E-state index >= 15 is 0 Å². The molecule has 0 heterocycles. The van der Waals surface area contributed by atoms with Gasteiger partial charge < -0.3 is 10.1 Å². The average Bonchev–Trinajstić information content (AvgIpc) is 2.66. The van der Waals surface area contributed by atoms with Crippen LogP contribution in [0.2, 0.25) is 0 Å². The zero-order chi connectivity index (χ0) is 22.5. The third-order valence-corrected chi connectivity index (χ3v) is 5.37. The minimum Gasteiger partial charge on any atom is -0.483 e. The fraction of sp³-hybridized carbons (Fsp3) is 0.316. The number of aryl methyl sites for hydroxylation is 1. The first-order valence-corrected chi connectivity index (χ1v) is 10.3. The molecular formula is C19H20F4N2O4S. The van der Waals surface area contributed by atoms with Crippen LogP contribution in [0.25, 0.3) is 0 Å². The highest BCUT2D eigenvalue weighted by atomic mass is 32.2. The van der Waals surface area contributed by atoms with Crippen LogP contribution in [0.15, 0.2) is 41.3 Å². The highest BCUT2D eigenvalue weighted by molar-refractivity contribution is 7.89. The Balaban J connectivity index is 2.03. The molecule has 0 aliphatic heterocycles. The standard InChI is InChI=1S/C19H20F4N2O4S/c1-3-8-24-30(27,28)14-5-7-17(12(2)9-14)29-11-18(26)25-13-4-6-16(20)15(10-13)19(21,22)23/h4-7,9-10,24H,3,8,11H2,1-2H3,(H,25,26). The van der Waals surface area contributed by atoms with Gasteiger partial charge in [-0.05, 0) is 55.3 Å². The fourth-order valence-electron chi connectivity index (χ4n) is 2.43. The van der Waals surface area contributed by atoms with Crippen LogP contribution in [0.3, 0.4) is 0 Å². The number of nitrogens with one attached hydrogen (secondary N) is 2. The Morgan fingerprint density at radius 2 is 1.83 bits per heavy atom. The van der Waals surface area contributed by atoms with Gasteiger partial charge in [0, 0.05) is 12.2 Å². The highest BCUT2D eigenvalue weighted by Crippen LogP contribution is 2.33. The minimum absolute atomic E-state index is 0.0382. The Kier molecular flexibility index (Phi) is 7.43. The van der Waals surface area contributed by atoms with Crippen LogP contribution in [0, 0.1) is 12.7 Å². The molecule has 0 spiro atoms.